The number of para-hydroxylation sites is 2. The molecule has 5 heteroatoms. The monoisotopic (exact) mass is 265 g/mol. The van der Waals surface area contributed by atoms with Crippen LogP contribution >= 0.6 is 0 Å². The van der Waals surface area contributed by atoms with Gasteiger partial charge in [-0.2, -0.15) is 0 Å². The van der Waals surface area contributed by atoms with E-state index in [1.165, 1.54) is 0 Å². The topological polar surface area (TPSA) is 67.8 Å². The SMILES string of the molecule is CC(O)CCCNC(=O)C1COc2ccccc2O1. The molecule has 2 unspecified atom stereocenters. The summed E-state index contributed by atoms with van der Waals surface area (Å²) in [4.78, 5) is 11.9. The van der Waals surface area contributed by atoms with E-state index in [9.17, 15) is 4.79 Å². The summed E-state index contributed by atoms with van der Waals surface area (Å²) >= 11 is 0. The quantitative estimate of drug-likeness (QED) is 0.782. The molecular formula is C14H19NO4. The van der Waals surface area contributed by atoms with Crippen molar-refractivity contribution in [3.05, 3.63) is 24.3 Å². The maximum Gasteiger partial charge on any atom is 0.264 e. The third-order valence-electron chi connectivity index (χ3n) is 2.90. The average Bonchev–Trinajstić information content (AvgIpc) is 2.42. The molecule has 2 rings (SSSR count). The molecule has 0 fully saturated rings. The number of aliphatic hydroxyl groups is 1. The molecule has 19 heavy (non-hydrogen) atoms. The Bertz CT molecular complexity index is 433. The first-order valence-corrected chi connectivity index (χ1v) is 6.51. The second-order valence-corrected chi connectivity index (χ2v) is 4.65. The standard InChI is InChI=1S/C14H19NO4/c1-10(16)5-4-8-15-14(17)13-9-18-11-6-2-3-7-12(11)19-13/h2-3,6-7,10,13,16H,4-5,8-9H2,1H3,(H,15,17). The maximum absolute atomic E-state index is 11.9. The minimum absolute atomic E-state index is 0.180. The smallest absolute Gasteiger partial charge is 0.264 e. The van der Waals surface area contributed by atoms with Crippen LogP contribution in [0, 0.1) is 0 Å². The number of fused-ring (bicyclic) bond motifs is 1. The summed E-state index contributed by atoms with van der Waals surface area (Å²) in [5.41, 5.74) is 0. The first-order valence-electron chi connectivity index (χ1n) is 6.51. The molecule has 1 aromatic rings. The number of aliphatic hydroxyl groups excluding tert-OH is 1. The van der Waals surface area contributed by atoms with Crippen LogP contribution in [0.1, 0.15) is 19.8 Å². The van der Waals surface area contributed by atoms with Crippen molar-refractivity contribution in [2.24, 2.45) is 0 Å². The van der Waals surface area contributed by atoms with Gasteiger partial charge in [0.15, 0.2) is 11.5 Å². The molecule has 1 aromatic carbocycles. The van der Waals surface area contributed by atoms with Crippen molar-refractivity contribution in [3.63, 3.8) is 0 Å². The van der Waals surface area contributed by atoms with Gasteiger partial charge in [-0.1, -0.05) is 12.1 Å². The van der Waals surface area contributed by atoms with Crippen molar-refractivity contribution < 1.29 is 19.4 Å². The molecule has 0 aliphatic carbocycles. The third-order valence-corrected chi connectivity index (χ3v) is 2.90. The van der Waals surface area contributed by atoms with E-state index in [0.717, 1.165) is 6.42 Å². The number of nitrogens with one attached hydrogen (secondary N) is 1. The molecule has 5 nitrogen and oxygen atoms in total. The fourth-order valence-electron chi connectivity index (χ4n) is 1.87. The highest BCUT2D eigenvalue weighted by Gasteiger charge is 2.26. The van der Waals surface area contributed by atoms with Gasteiger partial charge in [-0.25, -0.2) is 0 Å². The van der Waals surface area contributed by atoms with E-state index in [2.05, 4.69) is 5.32 Å². The van der Waals surface area contributed by atoms with E-state index in [1.54, 1.807) is 13.0 Å². The first-order chi connectivity index (χ1) is 9.16. The summed E-state index contributed by atoms with van der Waals surface area (Å²) in [6.07, 6.45) is 0.470. The van der Waals surface area contributed by atoms with Crippen LogP contribution in [0.4, 0.5) is 0 Å². The number of hydrogen-bond donors (Lipinski definition) is 2. The van der Waals surface area contributed by atoms with Gasteiger partial charge in [-0.15, -0.1) is 0 Å². The summed E-state index contributed by atoms with van der Waals surface area (Å²) in [5.74, 6) is 1.08. The number of rotatable bonds is 5. The van der Waals surface area contributed by atoms with E-state index < -0.39 is 6.10 Å². The molecule has 0 aromatic heterocycles. The maximum atomic E-state index is 11.9. The van der Waals surface area contributed by atoms with Crippen molar-refractivity contribution >= 4 is 5.91 Å². The van der Waals surface area contributed by atoms with Crippen LogP contribution in [0.15, 0.2) is 24.3 Å². The highest BCUT2D eigenvalue weighted by molar-refractivity contribution is 5.81. The number of amides is 1. The zero-order chi connectivity index (χ0) is 13.7. The zero-order valence-electron chi connectivity index (χ0n) is 11.0. The van der Waals surface area contributed by atoms with Crippen molar-refractivity contribution in [2.45, 2.75) is 32.0 Å². The minimum Gasteiger partial charge on any atom is -0.485 e. The lowest BCUT2D eigenvalue weighted by Gasteiger charge is -2.25. The van der Waals surface area contributed by atoms with Gasteiger partial charge in [-0.3, -0.25) is 4.79 Å². The molecule has 1 heterocycles. The molecule has 0 saturated carbocycles. The molecule has 2 atom stereocenters. The second-order valence-electron chi connectivity index (χ2n) is 4.65. The number of carbonyl (C=O) groups is 1. The predicted octanol–water partition coefficient (Wildman–Crippen LogP) is 1.10. The highest BCUT2D eigenvalue weighted by Crippen LogP contribution is 2.30. The van der Waals surface area contributed by atoms with Crippen LogP contribution in [0.25, 0.3) is 0 Å². The van der Waals surface area contributed by atoms with Gasteiger partial charge in [0.25, 0.3) is 5.91 Å². The van der Waals surface area contributed by atoms with E-state index in [4.69, 9.17) is 14.6 Å². The fourth-order valence-corrected chi connectivity index (χ4v) is 1.87. The summed E-state index contributed by atoms with van der Waals surface area (Å²) in [6, 6.07) is 7.29. The van der Waals surface area contributed by atoms with Gasteiger partial charge in [-0.05, 0) is 31.9 Å². The Hall–Kier alpha value is -1.75. The third kappa shape index (κ3) is 3.86. The van der Waals surface area contributed by atoms with Crippen LogP contribution in [0.3, 0.4) is 0 Å². The number of benzene rings is 1. The second kappa shape index (κ2) is 6.43. The first kappa shape index (κ1) is 13.7. The van der Waals surface area contributed by atoms with Gasteiger partial charge >= 0.3 is 0 Å². The Kier molecular flexibility index (Phi) is 4.63. The largest absolute Gasteiger partial charge is 0.485 e. The number of ether oxygens (including phenoxy) is 2. The Morgan fingerprint density at radius 3 is 2.95 bits per heavy atom. The summed E-state index contributed by atoms with van der Waals surface area (Å²) in [5, 5.41) is 11.9. The van der Waals surface area contributed by atoms with Crippen molar-refractivity contribution in [3.8, 4) is 11.5 Å². The lowest BCUT2D eigenvalue weighted by Crippen LogP contribution is -2.44. The molecule has 104 valence electrons. The van der Waals surface area contributed by atoms with Gasteiger partial charge in [0.2, 0.25) is 6.10 Å². The summed E-state index contributed by atoms with van der Waals surface area (Å²) in [7, 11) is 0. The highest BCUT2D eigenvalue weighted by atomic mass is 16.6. The van der Waals surface area contributed by atoms with Gasteiger partial charge in [0.1, 0.15) is 6.61 Å². The molecule has 0 radical (unpaired) electrons. The molecule has 2 N–H and O–H groups in total. The van der Waals surface area contributed by atoms with Gasteiger partial charge in [0.05, 0.1) is 6.10 Å². The fraction of sp³-hybridized carbons (Fsp3) is 0.500. The molecule has 1 amide bonds. The molecule has 1 aliphatic heterocycles. The predicted molar refractivity (Wildman–Crippen MR) is 70.3 cm³/mol. The zero-order valence-corrected chi connectivity index (χ0v) is 11.0. The van der Waals surface area contributed by atoms with Crippen LogP contribution in [-0.4, -0.2) is 36.4 Å². The Morgan fingerprint density at radius 2 is 2.21 bits per heavy atom. The van der Waals surface area contributed by atoms with Crippen LogP contribution in [0.2, 0.25) is 0 Å². The Balaban J connectivity index is 1.79. The molecule has 0 saturated heterocycles. The van der Waals surface area contributed by atoms with Crippen LogP contribution in [0.5, 0.6) is 11.5 Å². The molecule has 0 spiro atoms. The number of hydrogen-bond acceptors (Lipinski definition) is 4. The lowest BCUT2D eigenvalue weighted by molar-refractivity contribution is -0.130. The molecule has 1 aliphatic rings. The van der Waals surface area contributed by atoms with E-state index in [0.29, 0.717) is 24.5 Å². The van der Waals surface area contributed by atoms with Crippen molar-refractivity contribution in [1.82, 2.24) is 5.32 Å². The van der Waals surface area contributed by atoms with E-state index >= 15 is 0 Å². The Labute approximate surface area is 112 Å². The summed E-state index contributed by atoms with van der Waals surface area (Å²) < 4.78 is 11.1. The van der Waals surface area contributed by atoms with Crippen molar-refractivity contribution in [1.29, 1.82) is 0 Å². The summed E-state index contributed by atoms with van der Waals surface area (Å²) in [6.45, 7) is 2.49. The normalized spacial score (nSPS) is 18.7. The minimum atomic E-state index is -0.610. The van der Waals surface area contributed by atoms with Crippen LogP contribution in [-0.2, 0) is 4.79 Å². The van der Waals surface area contributed by atoms with Crippen LogP contribution < -0.4 is 14.8 Å². The molecular weight excluding hydrogens is 246 g/mol. The van der Waals surface area contributed by atoms with Crippen molar-refractivity contribution in [2.75, 3.05) is 13.2 Å². The molecule has 0 bridgehead atoms. The number of carbonyl (C=O) groups excluding carboxylic acids is 1. The average molecular weight is 265 g/mol. The Morgan fingerprint density at radius 1 is 1.47 bits per heavy atom. The lowest BCUT2D eigenvalue weighted by atomic mass is 10.2. The van der Waals surface area contributed by atoms with E-state index in [1.807, 2.05) is 18.2 Å². The van der Waals surface area contributed by atoms with Gasteiger partial charge in [0, 0.05) is 6.54 Å². The van der Waals surface area contributed by atoms with E-state index in [-0.39, 0.29) is 18.6 Å². The van der Waals surface area contributed by atoms with Gasteiger partial charge < -0.3 is 19.9 Å².